The van der Waals surface area contributed by atoms with Crippen molar-refractivity contribution in [2.24, 2.45) is 0 Å². The summed E-state index contributed by atoms with van der Waals surface area (Å²) in [5.41, 5.74) is 1.96. The minimum absolute atomic E-state index is 0.205. The molecular weight excluding hydrogens is 247 g/mol. The van der Waals surface area contributed by atoms with Crippen LogP contribution in [0.1, 0.15) is 23.3 Å². The largest absolute Gasteiger partial charge is 0.309 e. The Morgan fingerprint density at radius 3 is 3.06 bits per heavy atom. The quantitative estimate of drug-likeness (QED) is 0.912. The Balaban J connectivity index is 1.80. The highest BCUT2D eigenvalue weighted by Crippen LogP contribution is 2.29. The van der Waals surface area contributed by atoms with E-state index in [9.17, 15) is 4.39 Å². The summed E-state index contributed by atoms with van der Waals surface area (Å²) in [5, 5.41) is 4.36. The fourth-order valence-corrected chi connectivity index (χ4v) is 2.82. The monoisotopic (exact) mass is 262 g/mol. The number of benzene rings is 1. The van der Waals surface area contributed by atoms with Gasteiger partial charge in [-0.15, -0.1) is 11.3 Å². The van der Waals surface area contributed by atoms with E-state index in [0.717, 1.165) is 22.7 Å². The maximum Gasteiger partial charge on any atom is 0.123 e. The second-order valence-corrected chi connectivity index (χ2v) is 5.86. The number of halogens is 1. The normalized spacial score (nSPS) is 15.0. The van der Waals surface area contributed by atoms with Crippen LogP contribution in [0.15, 0.2) is 24.4 Å². The summed E-state index contributed by atoms with van der Waals surface area (Å²) in [6.07, 6.45) is 4.46. The molecular formula is C14H15FN2S. The zero-order valence-corrected chi connectivity index (χ0v) is 11.1. The van der Waals surface area contributed by atoms with Gasteiger partial charge in [0.05, 0.1) is 0 Å². The Hall–Kier alpha value is -1.26. The number of hydrogen-bond acceptors (Lipinski definition) is 3. The van der Waals surface area contributed by atoms with Gasteiger partial charge in [-0.3, -0.25) is 0 Å². The number of rotatable bonds is 4. The topological polar surface area (TPSA) is 24.9 Å². The highest BCUT2D eigenvalue weighted by atomic mass is 32.1. The van der Waals surface area contributed by atoms with Gasteiger partial charge in [0.25, 0.3) is 0 Å². The Morgan fingerprint density at radius 1 is 1.44 bits per heavy atom. The molecule has 2 nitrogen and oxygen atoms in total. The molecule has 1 aromatic heterocycles. The summed E-state index contributed by atoms with van der Waals surface area (Å²) in [5.74, 6) is -0.205. The van der Waals surface area contributed by atoms with Crippen molar-refractivity contribution in [3.8, 4) is 10.6 Å². The van der Waals surface area contributed by atoms with Crippen LogP contribution in [0.25, 0.3) is 10.6 Å². The van der Waals surface area contributed by atoms with Crippen LogP contribution in [0.4, 0.5) is 4.39 Å². The summed E-state index contributed by atoms with van der Waals surface area (Å²) < 4.78 is 13.3. The van der Waals surface area contributed by atoms with Gasteiger partial charge in [-0.1, -0.05) is 6.07 Å². The number of thiazole rings is 1. The van der Waals surface area contributed by atoms with E-state index in [1.165, 1.54) is 23.8 Å². The van der Waals surface area contributed by atoms with Crippen LogP contribution in [0, 0.1) is 12.7 Å². The first kappa shape index (κ1) is 11.8. The van der Waals surface area contributed by atoms with Crippen molar-refractivity contribution in [2.45, 2.75) is 32.4 Å². The zero-order valence-electron chi connectivity index (χ0n) is 10.2. The first-order chi connectivity index (χ1) is 8.72. The lowest BCUT2D eigenvalue weighted by Gasteiger charge is -2.01. The van der Waals surface area contributed by atoms with Crippen LogP contribution in [-0.4, -0.2) is 11.0 Å². The van der Waals surface area contributed by atoms with E-state index in [1.807, 2.05) is 13.1 Å². The molecule has 1 fully saturated rings. The molecule has 1 aromatic carbocycles. The molecule has 0 unspecified atom stereocenters. The van der Waals surface area contributed by atoms with Crippen LogP contribution < -0.4 is 5.32 Å². The molecule has 0 saturated heterocycles. The van der Waals surface area contributed by atoms with Gasteiger partial charge < -0.3 is 5.32 Å². The lowest BCUT2D eigenvalue weighted by Crippen LogP contribution is -2.14. The third-order valence-electron chi connectivity index (χ3n) is 3.13. The maximum atomic E-state index is 13.3. The minimum atomic E-state index is -0.205. The molecule has 94 valence electrons. The molecule has 2 aromatic rings. The molecule has 4 heteroatoms. The zero-order chi connectivity index (χ0) is 12.5. The summed E-state index contributed by atoms with van der Waals surface area (Å²) in [4.78, 5) is 5.61. The highest BCUT2D eigenvalue weighted by Gasteiger charge is 2.20. The standard InChI is InChI=1S/C14H15FN2S/c1-9-2-3-10(15)6-13(9)14-17-8-12(18-14)7-16-11-4-5-11/h2-3,6,8,11,16H,4-5,7H2,1H3. The van der Waals surface area contributed by atoms with Crippen molar-refractivity contribution in [3.05, 3.63) is 40.7 Å². The van der Waals surface area contributed by atoms with Gasteiger partial charge >= 0.3 is 0 Å². The van der Waals surface area contributed by atoms with E-state index in [0.29, 0.717) is 6.04 Å². The molecule has 0 atom stereocenters. The Morgan fingerprint density at radius 2 is 2.28 bits per heavy atom. The summed E-state index contributed by atoms with van der Waals surface area (Å²) in [7, 11) is 0. The smallest absolute Gasteiger partial charge is 0.123 e. The highest BCUT2D eigenvalue weighted by molar-refractivity contribution is 7.15. The third-order valence-corrected chi connectivity index (χ3v) is 4.16. The molecule has 0 aliphatic heterocycles. The minimum Gasteiger partial charge on any atom is -0.309 e. The Bertz CT molecular complexity index is 561. The van der Waals surface area contributed by atoms with Crippen LogP contribution in [0.2, 0.25) is 0 Å². The second kappa shape index (κ2) is 4.78. The van der Waals surface area contributed by atoms with Crippen molar-refractivity contribution in [2.75, 3.05) is 0 Å². The number of nitrogens with zero attached hydrogens (tertiary/aromatic N) is 1. The lowest BCUT2D eigenvalue weighted by atomic mass is 10.1. The van der Waals surface area contributed by atoms with Gasteiger partial charge in [-0.25, -0.2) is 9.37 Å². The molecule has 0 radical (unpaired) electrons. The molecule has 0 spiro atoms. The fraction of sp³-hybridized carbons (Fsp3) is 0.357. The van der Waals surface area contributed by atoms with Crippen molar-refractivity contribution in [1.82, 2.24) is 10.3 Å². The first-order valence-electron chi connectivity index (χ1n) is 6.17. The lowest BCUT2D eigenvalue weighted by molar-refractivity contribution is 0.628. The van der Waals surface area contributed by atoms with E-state index in [4.69, 9.17) is 0 Å². The fourth-order valence-electron chi connectivity index (χ4n) is 1.87. The van der Waals surface area contributed by atoms with Crippen molar-refractivity contribution < 1.29 is 4.39 Å². The molecule has 1 N–H and O–H groups in total. The average molecular weight is 262 g/mol. The maximum absolute atomic E-state index is 13.3. The molecule has 18 heavy (non-hydrogen) atoms. The van der Waals surface area contributed by atoms with E-state index in [2.05, 4.69) is 10.3 Å². The molecule has 1 aliphatic carbocycles. The molecule has 1 heterocycles. The number of hydrogen-bond donors (Lipinski definition) is 1. The SMILES string of the molecule is Cc1ccc(F)cc1-c1ncc(CNC2CC2)s1. The Labute approximate surface area is 110 Å². The molecule has 1 aliphatic rings. The van der Waals surface area contributed by atoms with Crippen molar-refractivity contribution in [1.29, 1.82) is 0 Å². The van der Waals surface area contributed by atoms with E-state index < -0.39 is 0 Å². The van der Waals surface area contributed by atoms with Crippen LogP contribution in [-0.2, 0) is 6.54 Å². The number of nitrogens with one attached hydrogen (secondary N) is 1. The predicted octanol–water partition coefficient (Wildman–Crippen LogP) is 3.51. The third kappa shape index (κ3) is 2.60. The van der Waals surface area contributed by atoms with E-state index in [1.54, 1.807) is 23.5 Å². The molecule has 0 amide bonds. The average Bonchev–Trinajstić information content (AvgIpc) is 3.08. The van der Waals surface area contributed by atoms with Gasteiger partial charge in [-0.2, -0.15) is 0 Å². The van der Waals surface area contributed by atoms with Gasteiger partial charge in [0.15, 0.2) is 0 Å². The summed E-state index contributed by atoms with van der Waals surface area (Å²) >= 11 is 1.64. The number of aromatic nitrogens is 1. The number of aryl methyl sites for hydroxylation is 1. The van der Waals surface area contributed by atoms with E-state index >= 15 is 0 Å². The molecule has 0 bridgehead atoms. The van der Waals surface area contributed by atoms with Gasteiger partial charge in [0, 0.05) is 29.2 Å². The Kier molecular flexibility index (Phi) is 3.14. The first-order valence-corrected chi connectivity index (χ1v) is 6.98. The van der Waals surface area contributed by atoms with Gasteiger partial charge in [0.2, 0.25) is 0 Å². The van der Waals surface area contributed by atoms with Crippen LogP contribution in [0.3, 0.4) is 0 Å². The van der Waals surface area contributed by atoms with Crippen LogP contribution >= 0.6 is 11.3 Å². The summed E-state index contributed by atoms with van der Waals surface area (Å²) in [6, 6.07) is 5.55. The predicted molar refractivity (Wildman–Crippen MR) is 72.1 cm³/mol. The molecule has 3 rings (SSSR count). The molecule has 1 saturated carbocycles. The van der Waals surface area contributed by atoms with Crippen molar-refractivity contribution in [3.63, 3.8) is 0 Å². The van der Waals surface area contributed by atoms with Crippen LogP contribution in [0.5, 0.6) is 0 Å². The van der Waals surface area contributed by atoms with E-state index in [-0.39, 0.29) is 5.82 Å². The summed E-state index contributed by atoms with van der Waals surface area (Å²) in [6.45, 7) is 2.86. The second-order valence-electron chi connectivity index (χ2n) is 4.75. The van der Waals surface area contributed by atoms with Crippen molar-refractivity contribution >= 4 is 11.3 Å². The van der Waals surface area contributed by atoms with Gasteiger partial charge in [0.1, 0.15) is 10.8 Å². The van der Waals surface area contributed by atoms with Gasteiger partial charge in [-0.05, 0) is 37.5 Å².